The van der Waals surface area contributed by atoms with Crippen molar-refractivity contribution >= 4 is 21.6 Å². The summed E-state index contributed by atoms with van der Waals surface area (Å²) >= 11 is 0. The SMILES string of the molecule is O=C(CCc1ccc(S(=O)(=O)NC2CCCCC2)cc1)Nc1ccc(F)cc1. The molecule has 1 amide bonds. The Bertz CT molecular complexity index is 890. The van der Waals surface area contributed by atoms with E-state index < -0.39 is 10.0 Å². The fourth-order valence-corrected chi connectivity index (χ4v) is 4.66. The maximum absolute atomic E-state index is 12.9. The van der Waals surface area contributed by atoms with Gasteiger partial charge in [-0.2, -0.15) is 0 Å². The van der Waals surface area contributed by atoms with Gasteiger partial charge in [-0.1, -0.05) is 31.4 Å². The van der Waals surface area contributed by atoms with Crippen LogP contribution in [0.2, 0.25) is 0 Å². The Morgan fingerprint density at radius 1 is 0.964 bits per heavy atom. The number of amides is 1. The smallest absolute Gasteiger partial charge is 0.240 e. The molecule has 0 aliphatic heterocycles. The Hall–Kier alpha value is -2.25. The summed E-state index contributed by atoms with van der Waals surface area (Å²) in [5, 5.41) is 2.71. The molecule has 5 nitrogen and oxygen atoms in total. The van der Waals surface area contributed by atoms with Crippen LogP contribution in [0.1, 0.15) is 44.1 Å². The highest BCUT2D eigenvalue weighted by molar-refractivity contribution is 7.89. The lowest BCUT2D eigenvalue weighted by Crippen LogP contribution is -2.36. The normalized spacial score (nSPS) is 15.3. The Labute approximate surface area is 165 Å². The van der Waals surface area contributed by atoms with Crippen molar-refractivity contribution in [1.82, 2.24) is 4.72 Å². The van der Waals surface area contributed by atoms with E-state index in [9.17, 15) is 17.6 Å². The maximum Gasteiger partial charge on any atom is 0.240 e. The van der Waals surface area contributed by atoms with Crippen LogP contribution in [0.15, 0.2) is 53.4 Å². The van der Waals surface area contributed by atoms with Gasteiger partial charge in [0.15, 0.2) is 0 Å². The number of rotatable bonds is 7. The number of sulfonamides is 1. The number of carbonyl (C=O) groups is 1. The maximum atomic E-state index is 12.9. The van der Waals surface area contributed by atoms with Crippen molar-refractivity contribution in [3.05, 3.63) is 59.9 Å². The summed E-state index contributed by atoms with van der Waals surface area (Å²) in [4.78, 5) is 12.3. The van der Waals surface area contributed by atoms with Gasteiger partial charge in [0.05, 0.1) is 4.90 Å². The second-order valence-electron chi connectivity index (χ2n) is 7.16. The van der Waals surface area contributed by atoms with E-state index in [0.29, 0.717) is 12.1 Å². The number of hydrogen-bond donors (Lipinski definition) is 2. The Morgan fingerprint density at radius 3 is 2.25 bits per heavy atom. The third-order valence-corrected chi connectivity index (χ3v) is 6.47. The first kappa shape index (κ1) is 20.5. The third kappa shape index (κ3) is 5.87. The molecule has 2 aromatic rings. The van der Waals surface area contributed by atoms with Gasteiger partial charge in [-0.3, -0.25) is 4.79 Å². The summed E-state index contributed by atoms with van der Waals surface area (Å²) in [5.41, 5.74) is 1.42. The number of halogens is 1. The third-order valence-electron chi connectivity index (χ3n) is 4.93. The van der Waals surface area contributed by atoms with Gasteiger partial charge in [-0.05, 0) is 61.2 Å². The van der Waals surface area contributed by atoms with Crippen LogP contribution in [0.3, 0.4) is 0 Å². The molecule has 0 spiro atoms. The lowest BCUT2D eigenvalue weighted by molar-refractivity contribution is -0.116. The van der Waals surface area contributed by atoms with Crippen LogP contribution < -0.4 is 10.0 Å². The van der Waals surface area contributed by atoms with E-state index >= 15 is 0 Å². The van der Waals surface area contributed by atoms with Gasteiger partial charge < -0.3 is 5.32 Å². The molecular weight excluding hydrogens is 379 g/mol. The molecule has 0 saturated heterocycles. The Morgan fingerprint density at radius 2 is 1.61 bits per heavy atom. The fourth-order valence-electron chi connectivity index (χ4n) is 3.36. The predicted octanol–water partition coefficient (Wildman–Crippen LogP) is 4.01. The minimum atomic E-state index is -3.51. The predicted molar refractivity (Wildman–Crippen MR) is 107 cm³/mol. The number of hydrogen-bond acceptors (Lipinski definition) is 3. The molecule has 7 heteroatoms. The van der Waals surface area contributed by atoms with Crippen LogP contribution in [0.25, 0.3) is 0 Å². The quantitative estimate of drug-likeness (QED) is 0.732. The summed E-state index contributed by atoms with van der Waals surface area (Å²) in [6.07, 6.45) is 5.81. The summed E-state index contributed by atoms with van der Waals surface area (Å²) in [7, 11) is -3.51. The van der Waals surface area contributed by atoms with Crippen LogP contribution in [-0.2, 0) is 21.2 Å². The largest absolute Gasteiger partial charge is 0.326 e. The topological polar surface area (TPSA) is 75.3 Å². The molecule has 150 valence electrons. The lowest BCUT2D eigenvalue weighted by atomic mass is 9.96. The second kappa shape index (κ2) is 9.30. The molecule has 3 rings (SSSR count). The zero-order valence-electron chi connectivity index (χ0n) is 15.7. The zero-order valence-corrected chi connectivity index (χ0v) is 16.5. The van der Waals surface area contributed by atoms with E-state index in [4.69, 9.17) is 0 Å². The van der Waals surface area contributed by atoms with Gasteiger partial charge in [-0.25, -0.2) is 17.5 Å². The first-order valence-corrected chi connectivity index (χ1v) is 11.1. The number of anilines is 1. The second-order valence-corrected chi connectivity index (χ2v) is 8.87. The zero-order chi connectivity index (χ0) is 20.0. The van der Waals surface area contributed by atoms with Gasteiger partial charge in [0.2, 0.25) is 15.9 Å². The van der Waals surface area contributed by atoms with E-state index in [1.807, 2.05) is 0 Å². The minimum Gasteiger partial charge on any atom is -0.326 e. The molecule has 1 aliphatic rings. The molecule has 1 aliphatic carbocycles. The first-order chi connectivity index (χ1) is 13.4. The monoisotopic (exact) mass is 404 g/mol. The van der Waals surface area contributed by atoms with Crippen molar-refractivity contribution < 1.29 is 17.6 Å². The van der Waals surface area contributed by atoms with Crippen molar-refractivity contribution in [3.8, 4) is 0 Å². The van der Waals surface area contributed by atoms with Gasteiger partial charge in [0.1, 0.15) is 5.82 Å². The van der Waals surface area contributed by atoms with Gasteiger partial charge in [-0.15, -0.1) is 0 Å². The number of nitrogens with one attached hydrogen (secondary N) is 2. The molecule has 0 unspecified atom stereocenters. The summed E-state index contributed by atoms with van der Waals surface area (Å²) in [6.45, 7) is 0. The molecule has 1 fully saturated rings. The van der Waals surface area contributed by atoms with E-state index in [2.05, 4.69) is 10.0 Å². The molecule has 0 heterocycles. The Balaban J connectivity index is 1.52. The highest BCUT2D eigenvalue weighted by atomic mass is 32.2. The Kier molecular flexibility index (Phi) is 6.80. The van der Waals surface area contributed by atoms with Crippen molar-refractivity contribution in [2.45, 2.75) is 55.9 Å². The molecule has 28 heavy (non-hydrogen) atoms. The molecule has 2 aromatic carbocycles. The summed E-state index contributed by atoms with van der Waals surface area (Å²) in [6, 6.07) is 12.2. The summed E-state index contributed by atoms with van der Waals surface area (Å²) in [5.74, 6) is -0.534. The minimum absolute atomic E-state index is 0.0218. The van der Waals surface area contributed by atoms with Crippen LogP contribution >= 0.6 is 0 Å². The molecular formula is C21H25FN2O3S. The van der Waals surface area contributed by atoms with E-state index in [0.717, 1.165) is 31.2 Å². The molecule has 1 saturated carbocycles. The first-order valence-electron chi connectivity index (χ1n) is 9.59. The number of benzene rings is 2. The van der Waals surface area contributed by atoms with E-state index in [-0.39, 0.29) is 29.1 Å². The molecule has 0 atom stereocenters. The van der Waals surface area contributed by atoms with Crippen LogP contribution in [0.4, 0.5) is 10.1 Å². The molecule has 0 radical (unpaired) electrons. The fraction of sp³-hybridized carbons (Fsp3) is 0.381. The standard InChI is InChI=1S/C21H25FN2O3S/c22-17-9-11-18(12-10-17)23-21(25)15-8-16-6-13-20(14-7-16)28(26,27)24-19-4-2-1-3-5-19/h6-7,9-14,19,24H,1-5,8,15H2,(H,23,25). The molecule has 0 bridgehead atoms. The van der Waals surface area contributed by atoms with Gasteiger partial charge in [0.25, 0.3) is 0 Å². The van der Waals surface area contributed by atoms with E-state index in [1.165, 1.54) is 30.7 Å². The van der Waals surface area contributed by atoms with Gasteiger partial charge >= 0.3 is 0 Å². The number of aryl methyl sites for hydroxylation is 1. The average Bonchev–Trinajstić information content (AvgIpc) is 2.69. The highest BCUT2D eigenvalue weighted by Gasteiger charge is 2.21. The van der Waals surface area contributed by atoms with Crippen molar-refractivity contribution in [2.75, 3.05) is 5.32 Å². The van der Waals surface area contributed by atoms with Crippen LogP contribution in [-0.4, -0.2) is 20.4 Å². The van der Waals surface area contributed by atoms with Crippen molar-refractivity contribution in [2.24, 2.45) is 0 Å². The summed E-state index contributed by atoms with van der Waals surface area (Å²) < 4.78 is 40.7. The van der Waals surface area contributed by atoms with Gasteiger partial charge in [0, 0.05) is 18.2 Å². The van der Waals surface area contributed by atoms with E-state index in [1.54, 1.807) is 24.3 Å². The lowest BCUT2D eigenvalue weighted by Gasteiger charge is -2.22. The van der Waals surface area contributed by atoms with Crippen LogP contribution in [0.5, 0.6) is 0 Å². The average molecular weight is 405 g/mol. The number of carbonyl (C=O) groups excluding carboxylic acids is 1. The highest BCUT2D eigenvalue weighted by Crippen LogP contribution is 2.20. The molecule has 2 N–H and O–H groups in total. The van der Waals surface area contributed by atoms with Crippen molar-refractivity contribution in [3.63, 3.8) is 0 Å². The van der Waals surface area contributed by atoms with Crippen LogP contribution in [0, 0.1) is 5.82 Å². The molecule has 0 aromatic heterocycles. The van der Waals surface area contributed by atoms with Crippen molar-refractivity contribution in [1.29, 1.82) is 0 Å².